The van der Waals surface area contributed by atoms with Crippen molar-refractivity contribution in [3.8, 4) is 5.69 Å². The smallest absolute Gasteiger partial charge is 0.276 e. The summed E-state index contributed by atoms with van der Waals surface area (Å²) in [5.74, 6) is -0.0469. The molecule has 2 aromatic heterocycles. The van der Waals surface area contributed by atoms with Crippen LogP contribution in [-0.4, -0.2) is 48.2 Å². The topological polar surface area (TPSA) is 68.8 Å². The van der Waals surface area contributed by atoms with Crippen LogP contribution in [0.15, 0.2) is 48.8 Å². The first-order valence-corrected chi connectivity index (χ1v) is 8.50. The fourth-order valence-corrected chi connectivity index (χ4v) is 3.39. The minimum Gasteiger partial charge on any atom is -0.332 e. The zero-order valence-corrected chi connectivity index (χ0v) is 14.1. The van der Waals surface area contributed by atoms with E-state index in [1.807, 2.05) is 59.1 Å². The molecule has 0 saturated carbocycles. The first-order chi connectivity index (χ1) is 12.2. The second kappa shape index (κ2) is 6.51. The van der Waals surface area contributed by atoms with Crippen LogP contribution >= 0.6 is 0 Å². The number of amides is 1. The second-order valence-corrected chi connectivity index (χ2v) is 6.29. The summed E-state index contributed by atoms with van der Waals surface area (Å²) in [4.78, 5) is 14.9. The zero-order chi connectivity index (χ0) is 17.2. The van der Waals surface area contributed by atoms with Crippen molar-refractivity contribution in [1.29, 1.82) is 0 Å². The van der Waals surface area contributed by atoms with Crippen LogP contribution in [0, 0.1) is 6.92 Å². The van der Waals surface area contributed by atoms with Gasteiger partial charge in [0, 0.05) is 18.9 Å². The molecule has 0 aliphatic carbocycles. The number of hydrogen-bond donors (Lipinski definition) is 0. The van der Waals surface area contributed by atoms with Gasteiger partial charge in [-0.3, -0.25) is 9.48 Å². The van der Waals surface area contributed by atoms with Crippen molar-refractivity contribution in [2.45, 2.75) is 32.4 Å². The summed E-state index contributed by atoms with van der Waals surface area (Å²) in [5, 5.41) is 12.6. The highest BCUT2D eigenvalue weighted by molar-refractivity contribution is 5.93. The summed E-state index contributed by atoms with van der Waals surface area (Å²) < 4.78 is 3.59. The van der Waals surface area contributed by atoms with E-state index in [1.54, 1.807) is 10.9 Å². The minimum absolute atomic E-state index is 0.0469. The van der Waals surface area contributed by atoms with Crippen molar-refractivity contribution >= 4 is 5.91 Å². The lowest BCUT2D eigenvalue weighted by Gasteiger charge is -2.24. The van der Waals surface area contributed by atoms with E-state index in [0.717, 1.165) is 30.8 Å². The number of para-hydroxylation sites is 1. The Morgan fingerprint density at radius 1 is 1.24 bits per heavy atom. The SMILES string of the molecule is Cc1c(C(=O)N2CCC[C@H]2Cn2cccn2)nnn1-c1ccccc1. The van der Waals surface area contributed by atoms with Crippen molar-refractivity contribution in [2.75, 3.05) is 6.54 Å². The maximum Gasteiger partial charge on any atom is 0.276 e. The predicted molar refractivity (Wildman–Crippen MR) is 92.4 cm³/mol. The lowest BCUT2D eigenvalue weighted by Crippen LogP contribution is -2.38. The molecular formula is C18H20N6O. The van der Waals surface area contributed by atoms with Crippen LogP contribution < -0.4 is 0 Å². The van der Waals surface area contributed by atoms with E-state index >= 15 is 0 Å². The number of nitrogens with zero attached hydrogens (tertiary/aromatic N) is 6. The van der Waals surface area contributed by atoms with Crippen molar-refractivity contribution in [3.05, 3.63) is 60.2 Å². The summed E-state index contributed by atoms with van der Waals surface area (Å²) in [5.41, 5.74) is 2.10. The van der Waals surface area contributed by atoms with Crippen LogP contribution in [-0.2, 0) is 6.54 Å². The quantitative estimate of drug-likeness (QED) is 0.731. The highest BCUT2D eigenvalue weighted by atomic mass is 16.2. The van der Waals surface area contributed by atoms with Gasteiger partial charge in [-0.1, -0.05) is 23.4 Å². The third-order valence-electron chi connectivity index (χ3n) is 4.69. The second-order valence-electron chi connectivity index (χ2n) is 6.29. The third kappa shape index (κ3) is 2.93. The first-order valence-electron chi connectivity index (χ1n) is 8.50. The molecular weight excluding hydrogens is 316 g/mol. The standard InChI is InChI=1S/C18H20N6O/c1-14-17(20-21-24(14)15-7-3-2-4-8-15)18(25)23-12-5-9-16(23)13-22-11-6-10-19-22/h2-4,6-8,10-11,16H,5,9,12-13H2,1H3/t16-/m0/s1. The Balaban J connectivity index is 1.57. The predicted octanol–water partition coefficient (Wildman–Crippen LogP) is 2.08. The Labute approximate surface area is 145 Å². The summed E-state index contributed by atoms with van der Waals surface area (Å²) >= 11 is 0. The Morgan fingerprint density at radius 3 is 2.84 bits per heavy atom. The Bertz CT molecular complexity index is 855. The van der Waals surface area contributed by atoms with Gasteiger partial charge in [0.2, 0.25) is 0 Å². The summed E-state index contributed by atoms with van der Waals surface area (Å²) in [6.45, 7) is 3.35. The largest absolute Gasteiger partial charge is 0.332 e. The molecule has 0 bridgehead atoms. The summed E-state index contributed by atoms with van der Waals surface area (Å²) in [6, 6.07) is 11.8. The lowest BCUT2D eigenvalue weighted by atomic mass is 10.2. The molecule has 1 aromatic carbocycles. The molecule has 1 atom stereocenters. The number of benzene rings is 1. The molecule has 1 aliphatic rings. The molecule has 3 aromatic rings. The van der Waals surface area contributed by atoms with E-state index in [0.29, 0.717) is 12.2 Å². The Hall–Kier alpha value is -2.96. The lowest BCUT2D eigenvalue weighted by molar-refractivity contribution is 0.0715. The van der Waals surface area contributed by atoms with Crippen LogP contribution in [0.1, 0.15) is 29.0 Å². The molecule has 25 heavy (non-hydrogen) atoms. The van der Waals surface area contributed by atoms with Crippen molar-refractivity contribution in [2.24, 2.45) is 0 Å². The molecule has 0 spiro atoms. The normalized spacial score (nSPS) is 17.2. The fourth-order valence-electron chi connectivity index (χ4n) is 3.39. The van der Waals surface area contributed by atoms with Gasteiger partial charge in [-0.15, -0.1) is 5.10 Å². The number of hydrogen-bond acceptors (Lipinski definition) is 4. The molecule has 1 aliphatic heterocycles. The van der Waals surface area contributed by atoms with E-state index in [2.05, 4.69) is 15.4 Å². The molecule has 7 nitrogen and oxygen atoms in total. The van der Waals surface area contributed by atoms with Gasteiger partial charge in [-0.05, 0) is 38.0 Å². The van der Waals surface area contributed by atoms with Crippen LogP contribution in [0.5, 0.6) is 0 Å². The highest BCUT2D eigenvalue weighted by Gasteiger charge is 2.32. The van der Waals surface area contributed by atoms with Gasteiger partial charge in [0.1, 0.15) is 0 Å². The first kappa shape index (κ1) is 15.6. The van der Waals surface area contributed by atoms with Crippen molar-refractivity contribution in [1.82, 2.24) is 29.7 Å². The van der Waals surface area contributed by atoms with Gasteiger partial charge in [0.25, 0.3) is 5.91 Å². The number of aromatic nitrogens is 5. The number of carbonyl (C=O) groups excluding carboxylic acids is 1. The average Bonchev–Trinajstić information content (AvgIpc) is 3.37. The molecule has 3 heterocycles. The monoisotopic (exact) mass is 336 g/mol. The van der Waals surface area contributed by atoms with E-state index < -0.39 is 0 Å². The molecule has 1 saturated heterocycles. The Kier molecular flexibility index (Phi) is 4.05. The van der Waals surface area contributed by atoms with Gasteiger partial charge in [-0.2, -0.15) is 5.10 Å². The van der Waals surface area contributed by atoms with Crippen molar-refractivity contribution in [3.63, 3.8) is 0 Å². The number of likely N-dealkylation sites (tertiary alicyclic amines) is 1. The molecule has 1 amide bonds. The van der Waals surface area contributed by atoms with E-state index in [1.165, 1.54) is 0 Å². The van der Waals surface area contributed by atoms with Gasteiger partial charge in [0.05, 0.1) is 24.0 Å². The molecule has 7 heteroatoms. The molecule has 4 rings (SSSR count). The molecule has 0 unspecified atom stereocenters. The minimum atomic E-state index is -0.0469. The van der Waals surface area contributed by atoms with Crippen LogP contribution in [0.2, 0.25) is 0 Å². The van der Waals surface area contributed by atoms with Crippen LogP contribution in [0.25, 0.3) is 5.69 Å². The summed E-state index contributed by atoms with van der Waals surface area (Å²) in [7, 11) is 0. The van der Waals surface area contributed by atoms with Gasteiger partial charge < -0.3 is 4.90 Å². The van der Waals surface area contributed by atoms with Crippen LogP contribution in [0.4, 0.5) is 0 Å². The maximum atomic E-state index is 13.0. The van der Waals surface area contributed by atoms with Gasteiger partial charge in [0.15, 0.2) is 5.69 Å². The van der Waals surface area contributed by atoms with E-state index in [9.17, 15) is 4.79 Å². The maximum absolute atomic E-state index is 13.0. The third-order valence-corrected chi connectivity index (χ3v) is 4.69. The van der Waals surface area contributed by atoms with Crippen LogP contribution in [0.3, 0.4) is 0 Å². The summed E-state index contributed by atoms with van der Waals surface area (Å²) in [6.07, 6.45) is 5.68. The molecule has 0 N–H and O–H groups in total. The highest BCUT2D eigenvalue weighted by Crippen LogP contribution is 2.22. The Morgan fingerprint density at radius 2 is 2.08 bits per heavy atom. The van der Waals surface area contributed by atoms with Crippen molar-refractivity contribution < 1.29 is 4.79 Å². The zero-order valence-electron chi connectivity index (χ0n) is 14.1. The fraction of sp³-hybridized carbons (Fsp3) is 0.333. The van der Waals surface area contributed by atoms with Gasteiger partial charge >= 0.3 is 0 Å². The molecule has 0 radical (unpaired) electrons. The average molecular weight is 336 g/mol. The molecule has 1 fully saturated rings. The van der Waals surface area contributed by atoms with E-state index in [4.69, 9.17) is 0 Å². The van der Waals surface area contributed by atoms with Gasteiger partial charge in [-0.25, -0.2) is 4.68 Å². The number of carbonyl (C=O) groups is 1. The molecule has 128 valence electrons. The van der Waals surface area contributed by atoms with E-state index in [-0.39, 0.29) is 11.9 Å². The number of rotatable bonds is 4.